The number of rotatable bonds is 10. The summed E-state index contributed by atoms with van der Waals surface area (Å²) in [5.74, 6) is 1.60. The van der Waals surface area contributed by atoms with E-state index in [2.05, 4.69) is 14.9 Å². The second-order valence-electron chi connectivity index (χ2n) is 8.51. The number of fused-ring (bicyclic) bond motifs is 1. The Bertz CT molecular complexity index is 1260. The van der Waals surface area contributed by atoms with Gasteiger partial charge in [0.25, 0.3) is 0 Å². The fourth-order valence-corrected chi connectivity index (χ4v) is 3.89. The van der Waals surface area contributed by atoms with Gasteiger partial charge >= 0.3 is 0 Å². The molecule has 2 aromatic carbocycles. The van der Waals surface area contributed by atoms with E-state index in [9.17, 15) is 4.79 Å². The van der Waals surface area contributed by atoms with Crippen LogP contribution in [0.3, 0.4) is 0 Å². The van der Waals surface area contributed by atoms with Crippen molar-refractivity contribution in [3.63, 3.8) is 0 Å². The van der Waals surface area contributed by atoms with Crippen molar-refractivity contribution in [3.8, 4) is 34.0 Å². The maximum Gasteiger partial charge on any atom is 0.162 e. The molecule has 0 bridgehead atoms. The molecule has 2 heterocycles. The van der Waals surface area contributed by atoms with E-state index < -0.39 is 0 Å². The third kappa shape index (κ3) is 5.26. The van der Waals surface area contributed by atoms with Crippen molar-refractivity contribution in [1.82, 2.24) is 19.3 Å². The molecule has 0 unspecified atom stereocenters. The third-order valence-corrected chi connectivity index (χ3v) is 5.80. The van der Waals surface area contributed by atoms with Crippen molar-refractivity contribution >= 4 is 11.4 Å². The van der Waals surface area contributed by atoms with Gasteiger partial charge in [-0.3, -0.25) is 14.2 Å². The number of aromatic nitrogens is 3. The summed E-state index contributed by atoms with van der Waals surface area (Å²) in [6.07, 6.45) is 8.01. The minimum atomic E-state index is 0.178. The minimum Gasteiger partial charge on any atom is -0.497 e. The molecule has 0 radical (unpaired) electrons. The van der Waals surface area contributed by atoms with Crippen LogP contribution in [-0.4, -0.2) is 59.9 Å². The Morgan fingerprint density at radius 1 is 0.912 bits per heavy atom. The lowest BCUT2D eigenvalue weighted by atomic mass is 10.0. The molecule has 0 saturated heterocycles. The van der Waals surface area contributed by atoms with Crippen molar-refractivity contribution in [3.05, 3.63) is 66.6 Å². The highest BCUT2D eigenvalue weighted by molar-refractivity contribution is 5.96. The van der Waals surface area contributed by atoms with Gasteiger partial charge in [0, 0.05) is 35.4 Å². The molecule has 0 aliphatic heterocycles. The Balaban J connectivity index is 1.57. The zero-order valence-electron chi connectivity index (χ0n) is 20.1. The Kier molecular flexibility index (Phi) is 7.23. The summed E-state index contributed by atoms with van der Waals surface area (Å²) in [5.41, 5.74) is 5.04. The molecule has 176 valence electrons. The van der Waals surface area contributed by atoms with Crippen molar-refractivity contribution in [2.24, 2.45) is 0 Å². The van der Waals surface area contributed by atoms with Gasteiger partial charge in [0.1, 0.15) is 11.5 Å². The summed E-state index contributed by atoms with van der Waals surface area (Å²) in [6.45, 7) is 0.999. The molecule has 0 fully saturated rings. The van der Waals surface area contributed by atoms with Crippen LogP contribution < -0.4 is 9.47 Å². The van der Waals surface area contributed by atoms with Crippen LogP contribution >= 0.6 is 0 Å². The van der Waals surface area contributed by atoms with Gasteiger partial charge in [0.05, 0.1) is 38.0 Å². The topological polar surface area (TPSA) is 69.0 Å². The predicted molar refractivity (Wildman–Crippen MR) is 134 cm³/mol. The molecule has 7 nitrogen and oxygen atoms in total. The normalized spacial score (nSPS) is 11.2. The van der Waals surface area contributed by atoms with Crippen molar-refractivity contribution in [2.45, 2.75) is 19.3 Å². The van der Waals surface area contributed by atoms with E-state index in [1.807, 2.05) is 73.4 Å². The Morgan fingerprint density at radius 2 is 1.62 bits per heavy atom. The van der Waals surface area contributed by atoms with E-state index in [0.29, 0.717) is 17.9 Å². The van der Waals surface area contributed by atoms with Gasteiger partial charge < -0.3 is 14.4 Å². The molecule has 0 spiro atoms. The average molecular weight is 459 g/mol. The quantitative estimate of drug-likeness (QED) is 0.246. The number of hydrogen-bond acceptors (Lipinski definition) is 6. The van der Waals surface area contributed by atoms with Crippen molar-refractivity contribution < 1.29 is 14.3 Å². The summed E-state index contributed by atoms with van der Waals surface area (Å²) in [5, 5.41) is 0. The van der Waals surface area contributed by atoms with Gasteiger partial charge in [-0.2, -0.15) is 0 Å². The Labute approximate surface area is 200 Å². The van der Waals surface area contributed by atoms with Crippen molar-refractivity contribution in [2.75, 3.05) is 34.9 Å². The van der Waals surface area contributed by atoms with Gasteiger partial charge in [-0.1, -0.05) is 24.3 Å². The number of imidazole rings is 1. The number of nitrogens with zero attached hydrogens (tertiary/aromatic N) is 4. The van der Waals surface area contributed by atoms with E-state index in [4.69, 9.17) is 9.47 Å². The second kappa shape index (κ2) is 10.5. The van der Waals surface area contributed by atoms with Crippen LogP contribution in [0.5, 0.6) is 11.5 Å². The lowest BCUT2D eigenvalue weighted by Crippen LogP contribution is -2.13. The SMILES string of the molecule is COc1cc(OC)cc(-c2cnc3cnc(-c4ccc(C(=O)CCCCN(C)C)cc4)cn23)c1. The number of carbonyl (C=O) groups is 1. The first-order valence-corrected chi connectivity index (χ1v) is 11.3. The monoisotopic (exact) mass is 458 g/mol. The Morgan fingerprint density at radius 3 is 2.26 bits per heavy atom. The van der Waals surface area contributed by atoms with Crippen LogP contribution in [0.2, 0.25) is 0 Å². The van der Waals surface area contributed by atoms with Crippen LogP contribution in [0, 0.1) is 0 Å². The van der Waals surface area contributed by atoms with Gasteiger partial charge in [0.15, 0.2) is 11.4 Å². The standard InChI is InChI=1S/C27H30N4O3/c1-30(2)12-6-5-7-26(32)20-10-8-19(9-11-20)24-18-31-25(16-29-27(31)17-28-24)21-13-22(33-3)15-23(14-21)34-4/h8-11,13-18H,5-7,12H2,1-4H3. The van der Waals surface area contributed by atoms with E-state index in [1.54, 1.807) is 20.4 Å². The zero-order chi connectivity index (χ0) is 24.1. The molecule has 0 N–H and O–H groups in total. The first kappa shape index (κ1) is 23.4. The first-order chi connectivity index (χ1) is 16.5. The molecule has 0 aliphatic carbocycles. The summed E-state index contributed by atoms with van der Waals surface area (Å²) in [7, 11) is 7.36. The Hall–Kier alpha value is -3.71. The van der Waals surface area contributed by atoms with Crippen LogP contribution in [0.15, 0.2) is 61.1 Å². The van der Waals surface area contributed by atoms with E-state index in [1.165, 1.54) is 0 Å². The summed E-state index contributed by atoms with van der Waals surface area (Å²) in [4.78, 5) is 23.7. The highest BCUT2D eigenvalue weighted by Crippen LogP contribution is 2.31. The second-order valence-corrected chi connectivity index (χ2v) is 8.51. The fraction of sp³-hybridized carbons (Fsp3) is 0.296. The molecule has 0 amide bonds. The summed E-state index contributed by atoms with van der Waals surface area (Å²) >= 11 is 0. The molecule has 4 aromatic rings. The number of hydrogen-bond donors (Lipinski definition) is 0. The number of unbranched alkanes of at least 4 members (excludes halogenated alkanes) is 1. The number of ether oxygens (including phenoxy) is 2. The number of ketones is 1. The van der Waals surface area contributed by atoms with E-state index in [-0.39, 0.29) is 5.78 Å². The third-order valence-electron chi connectivity index (χ3n) is 5.80. The van der Waals surface area contributed by atoms with Gasteiger partial charge in [0.2, 0.25) is 0 Å². The minimum absolute atomic E-state index is 0.178. The summed E-state index contributed by atoms with van der Waals surface area (Å²) in [6, 6.07) is 13.4. The smallest absolute Gasteiger partial charge is 0.162 e. The lowest BCUT2D eigenvalue weighted by Gasteiger charge is -2.10. The average Bonchev–Trinajstić information content (AvgIpc) is 3.29. The molecule has 0 atom stereocenters. The van der Waals surface area contributed by atoms with Gasteiger partial charge in [-0.15, -0.1) is 0 Å². The van der Waals surface area contributed by atoms with E-state index in [0.717, 1.165) is 53.1 Å². The maximum absolute atomic E-state index is 12.5. The fourth-order valence-electron chi connectivity index (χ4n) is 3.89. The van der Waals surface area contributed by atoms with Crippen molar-refractivity contribution in [1.29, 1.82) is 0 Å². The predicted octanol–water partition coefficient (Wildman–Crippen LogP) is 5.00. The first-order valence-electron chi connectivity index (χ1n) is 11.3. The van der Waals surface area contributed by atoms with Crippen LogP contribution in [0.1, 0.15) is 29.6 Å². The molecule has 34 heavy (non-hydrogen) atoms. The van der Waals surface area contributed by atoms with Gasteiger partial charge in [-0.05, 0) is 45.6 Å². The highest BCUT2D eigenvalue weighted by Gasteiger charge is 2.12. The van der Waals surface area contributed by atoms with Crippen LogP contribution in [-0.2, 0) is 0 Å². The molecule has 0 saturated carbocycles. The zero-order valence-corrected chi connectivity index (χ0v) is 20.1. The van der Waals surface area contributed by atoms with Crippen LogP contribution in [0.4, 0.5) is 0 Å². The summed E-state index contributed by atoms with van der Waals surface area (Å²) < 4.78 is 12.8. The molecule has 7 heteroatoms. The largest absolute Gasteiger partial charge is 0.497 e. The molecular weight excluding hydrogens is 428 g/mol. The van der Waals surface area contributed by atoms with Crippen LogP contribution in [0.25, 0.3) is 28.2 Å². The number of carbonyl (C=O) groups excluding carboxylic acids is 1. The number of methoxy groups -OCH3 is 2. The molecule has 2 aromatic heterocycles. The van der Waals surface area contributed by atoms with Gasteiger partial charge in [-0.25, -0.2) is 4.98 Å². The maximum atomic E-state index is 12.5. The molecule has 0 aliphatic rings. The lowest BCUT2D eigenvalue weighted by molar-refractivity contribution is 0.0978. The number of Topliss-reactive ketones (excluding diaryl/α,β-unsaturated/α-hetero) is 1. The molecular formula is C27H30N4O3. The molecule has 4 rings (SSSR count). The highest BCUT2D eigenvalue weighted by atomic mass is 16.5. The number of benzene rings is 2. The van der Waals surface area contributed by atoms with E-state index >= 15 is 0 Å².